The molecule has 1 atom stereocenters. The Labute approximate surface area is 107 Å². The van der Waals surface area contributed by atoms with Gasteiger partial charge in [-0.15, -0.1) is 10.2 Å². The molecule has 1 unspecified atom stereocenters. The highest BCUT2D eigenvalue weighted by molar-refractivity contribution is 5.24. The lowest BCUT2D eigenvalue weighted by Crippen LogP contribution is -2.15. The van der Waals surface area contributed by atoms with Crippen molar-refractivity contribution in [2.75, 3.05) is 7.05 Å². The molecule has 0 amide bonds. The fraction of sp³-hybridized carbons (Fsp3) is 0.429. The molecule has 1 N–H and O–H groups in total. The number of aryl methyl sites for hydroxylation is 1. The van der Waals surface area contributed by atoms with Crippen molar-refractivity contribution in [2.24, 2.45) is 0 Å². The highest BCUT2D eigenvalue weighted by Gasteiger charge is 2.14. The van der Waals surface area contributed by atoms with Crippen LogP contribution in [0.1, 0.15) is 42.3 Å². The molecule has 1 aromatic carbocycles. The first kappa shape index (κ1) is 12.8. The molecule has 0 saturated heterocycles. The number of hydrogen-bond donors (Lipinski definition) is 1. The maximum absolute atomic E-state index is 5.69. The van der Waals surface area contributed by atoms with Crippen LogP contribution in [0.5, 0.6) is 0 Å². The third-order valence-electron chi connectivity index (χ3n) is 2.98. The summed E-state index contributed by atoms with van der Waals surface area (Å²) in [5.74, 6) is 1.34. The first-order chi connectivity index (χ1) is 8.72. The number of nitrogens with zero attached hydrogens (tertiary/aromatic N) is 2. The second kappa shape index (κ2) is 5.78. The van der Waals surface area contributed by atoms with Crippen LogP contribution < -0.4 is 5.32 Å². The summed E-state index contributed by atoms with van der Waals surface area (Å²) in [5, 5.41) is 11.4. The van der Waals surface area contributed by atoms with Crippen molar-refractivity contribution in [1.29, 1.82) is 0 Å². The molecule has 0 saturated carbocycles. The largest absolute Gasteiger partial charge is 0.423 e. The lowest BCUT2D eigenvalue weighted by atomic mass is 10.1. The molecule has 4 heteroatoms. The summed E-state index contributed by atoms with van der Waals surface area (Å²) >= 11 is 0. The molecule has 0 bridgehead atoms. The molecule has 2 aromatic rings. The summed E-state index contributed by atoms with van der Waals surface area (Å²) in [6, 6.07) is 8.48. The van der Waals surface area contributed by atoms with Crippen molar-refractivity contribution < 1.29 is 4.42 Å². The summed E-state index contributed by atoms with van der Waals surface area (Å²) in [6.07, 6.45) is 1.62. The van der Waals surface area contributed by atoms with E-state index in [0.29, 0.717) is 18.2 Å². The monoisotopic (exact) mass is 245 g/mol. The van der Waals surface area contributed by atoms with Gasteiger partial charge in [0, 0.05) is 0 Å². The lowest BCUT2D eigenvalue weighted by Gasteiger charge is -2.07. The van der Waals surface area contributed by atoms with E-state index < -0.39 is 0 Å². The van der Waals surface area contributed by atoms with Gasteiger partial charge in [-0.2, -0.15) is 0 Å². The molecular weight excluding hydrogens is 226 g/mol. The topological polar surface area (TPSA) is 51.0 Å². The zero-order valence-electron chi connectivity index (χ0n) is 11.1. The summed E-state index contributed by atoms with van der Waals surface area (Å²) in [6.45, 7) is 4.17. The molecule has 0 spiro atoms. The highest BCUT2D eigenvalue weighted by atomic mass is 16.4. The number of benzene rings is 1. The minimum Gasteiger partial charge on any atom is -0.423 e. The Kier molecular flexibility index (Phi) is 4.10. The second-order valence-electron chi connectivity index (χ2n) is 4.45. The second-order valence-corrected chi connectivity index (χ2v) is 4.45. The van der Waals surface area contributed by atoms with Gasteiger partial charge >= 0.3 is 0 Å². The van der Waals surface area contributed by atoms with Gasteiger partial charge in [0.05, 0.1) is 12.5 Å². The molecule has 2 rings (SSSR count). The van der Waals surface area contributed by atoms with Gasteiger partial charge in [0.15, 0.2) is 0 Å². The first-order valence-corrected chi connectivity index (χ1v) is 6.28. The molecule has 18 heavy (non-hydrogen) atoms. The number of rotatable bonds is 5. The highest BCUT2D eigenvalue weighted by Crippen LogP contribution is 2.16. The smallest absolute Gasteiger partial charge is 0.233 e. The van der Waals surface area contributed by atoms with Crippen molar-refractivity contribution >= 4 is 0 Å². The Hall–Kier alpha value is -1.68. The van der Waals surface area contributed by atoms with Gasteiger partial charge in [-0.1, -0.05) is 36.8 Å². The number of aromatic nitrogens is 2. The van der Waals surface area contributed by atoms with E-state index in [4.69, 9.17) is 4.42 Å². The predicted octanol–water partition coefficient (Wildman–Crippen LogP) is 2.64. The number of hydrogen-bond acceptors (Lipinski definition) is 4. The average Bonchev–Trinajstić information content (AvgIpc) is 2.79. The van der Waals surface area contributed by atoms with Gasteiger partial charge in [-0.05, 0) is 26.0 Å². The van der Waals surface area contributed by atoms with Crippen LogP contribution in [-0.4, -0.2) is 17.2 Å². The summed E-state index contributed by atoms with van der Waals surface area (Å²) in [4.78, 5) is 0. The zero-order chi connectivity index (χ0) is 13.0. The van der Waals surface area contributed by atoms with Crippen LogP contribution in [0.25, 0.3) is 0 Å². The Bertz CT molecular complexity index is 503. The van der Waals surface area contributed by atoms with Crippen molar-refractivity contribution in [3.05, 3.63) is 47.2 Å². The fourth-order valence-corrected chi connectivity index (χ4v) is 1.98. The molecular formula is C14H19N3O. The van der Waals surface area contributed by atoms with Gasteiger partial charge in [0.1, 0.15) is 0 Å². The van der Waals surface area contributed by atoms with Crippen LogP contribution in [0.15, 0.2) is 28.7 Å². The lowest BCUT2D eigenvalue weighted by molar-refractivity contribution is 0.390. The molecule has 0 aliphatic carbocycles. The van der Waals surface area contributed by atoms with Gasteiger partial charge < -0.3 is 9.73 Å². The van der Waals surface area contributed by atoms with Crippen molar-refractivity contribution in [1.82, 2.24) is 15.5 Å². The molecule has 96 valence electrons. The minimum atomic E-state index is 0.142. The van der Waals surface area contributed by atoms with E-state index in [1.54, 1.807) is 0 Å². The first-order valence-electron chi connectivity index (χ1n) is 6.28. The Morgan fingerprint density at radius 2 is 2.17 bits per heavy atom. The standard InChI is InChI=1S/C14H19N3O/c1-4-12(15-3)14-17-16-13(18-14)9-11-7-5-6-10(2)8-11/h5-8,12,15H,4,9H2,1-3H3. The van der Waals surface area contributed by atoms with Gasteiger partial charge in [-0.3, -0.25) is 0 Å². The van der Waals surface area contributed by atoms with E-state index in [1.807, 2.05) is 13.1 Å². The molecule has 4 nitrogen and oxygen atoms in total. The van der Waals surface area contributed by atoms with Crippen molar-refractivity contribution in [3.63, 3.8) is 0 Å². The zero-order valence-corrected chi connectivity index (χ0v) is 11.1. The molecule has 0 radical (unpaired) electrons. The molecule has 0 aliphatic rings. The summed E-state index contributed by atoms with van der Waals surface area (Å²) < 4.78 is 5.69. The van der Waals surface area contributed by atoms with Crippen LogP contribution in [-0.2, 0) is 6.42 Å². The van der Waals surface area contributed by atoms with Crippen LogP contribution in [0.3, 0.4) is 0 Å². The normalized spacial score (nSPS) is 12.6. The summed E-state index contributed by atoms with van der Waals surface area (Å²) in [5.41, 5.74) is 2.44. The Morgan fingerprint density at radius 3 is 2.83 bits per heavy atom. The summed E-state index contributed by atoms with van der Waals surface area (Å²) in [7, 11) is 1.90. The van der Waals surface area contributed by atoms with Crippen LogP contribution in [0.4, 0.5) is 0 Å². The van der Waals surface area contributed by atoms with E-state index in [2.05, 4.69) is 47.6 Å². The fourth-order valence-electron chi connectivity index (χ4n) is 1.98. The predicted molar refractivity (Wildman–Crippen MR) is 70.4 cm³/mol. The van der Waals surface area contributed by atoms with Crippen LogP contribution in [0.2, 0.25) is 0 Å². The third kappa shape index (κ3) is 2.96. The van der Waals surface area contributed by atoms with Gasteiger partial charge in [0.2, 0.25) is 11.8 Å². The third-order valence-corrected chi connectivity index (χ3v) is 2.98. The van der Waals surface area contributed by atoms with E-state index >= 15 is 0 Å². The van der Waals surface area contributed by atoms with E-state index in [-0.39, 0.29) is 6.04 Å². The van der Waals surface area contributed by atoms with E-state index in [0.717, 1.165) is 6.42 Å². The SMILES string of the molecule is CCC(NC)c1nnc(Cc2cccc(C)c2)o1. The average molecular weight is 245 g/mol. The molecule has 0 aliphatic heterocycles. The molecule has 1 aromatic heterocycles. The maximum Gasteiger partial charge on any atom is 0.233 e. The van der Waals surface area contributed by atoms with Crippen LogP contribution in [0, 0.1) is 6.92 Å². The van der Waals surface area contributed by atoms with Crippen molar-refractivity contribution in [3.8, 4) is 0 Å². The van der Waals surface area contributed by atoms with Gasteiger partial charge in [0.25, 0.3) is 0 Å². The quantitative estimate of drug-likeness (QED) is 0.879. The number of nitrogens with one attached hydrogen (secondary N) is 1. The van der Waals surface area contributed by atoms with Crippen molar-refractivity contribution in [2.45, 2.75) is 32.7 Å². The Morgan fingerprint density at radius 1 is 1.33 bits per heavy atom. The molecule has 0 fully saturated rings. The van der Waals surface area contributed by atoms with Crippen LogP contribution >= 0.6 is 0 Å². The van der Waals surface area contributed by atoms with Gasteiger partial charge in [-0.25, -0.2) is 0 Å². The van der Waals surface area contributed by atoms with E-state index in [1.165, 1.54) is 11.1 Å². The molecule has 1 heterocycles. The maximum atomic E-state index is 5.69. The minimum absolute atomic E-state index is 0.142. The Balaban J connectivity index is 2.11. The van der Waals surface area contributed by atoms with E-state index in [9.17, 15) is 0 Å².